The molecule has 0 unspecified atom stereocenters. The van der Waals surface area contributed by atoms with Crippen LogP contribution < -0.4 is 0 Å². The Morgan fingerprint density at radius 2 is 1.72 bits per heavy atom. The number of allylic oxidation sites excluding steroid dienone is 1. The van der Waals surface area contributed by atoms with Crippen LogP contribution in [0.2, 0.25) is 0 Å². The normalized spacial score (nSPS) is 31.1. The van der Waals surface area contributed by atoms with Crippen LogP contribution in [0.15, 0.2) is 54.6 Å². The van der Waals surface area contributed by atoms with Crippen LogP contribution in [0, 0.1) is 17.8 Å². The number of carbonyl (C=O) groups is 4. The average Bonchev–Trinajstić information content (AvgIpc) is 3.24. The number of ether oxygens (including phenoxy) is 3. The first-order valence-electron chi connectivity index (χ1n) is 15.4. The number of aliphatic carboxylic acids is 3. The van der Waals surface area contributed by atoms with Gasteiger partial charge in [-0.15, -0.1) is 0 Å². The second-order valence-electron chi connectivity index (χ2n) is 12.5. The monoisotopic (exact) mass is 664 g/mol. The van der Waals surface area contributed by atoms with Crippen molar-refractivity contribution >= 4 is 23.9 Å². The van der Waals surface area contributed by atoms with Gasteiger partial charge in [-0.3, -0.25) is 0 Å². The van der Waals surface area contributed by atoms with Crippen LogP contribution in [-0.4, -0.2) is 108 Å². The van der Waals surface area contributed by atoms with Crippen LogP contribution in [0.1, 0.15) is 52.0 Å². The highest BCUT2D eigenvalue weighted by Gasteiger charge is 2.85. The molecule has 7 N–H and O–H groups in total. The van der Waals surface area contributed by atoms with Gasteiger partial charge < -0.3 is 50.0 Å². The second kappa shape index (κ2) is 15.0. The Morgan fingerprint density at radius 1 is 1.09 bits per heavy atom. The minimum atomic E-state index is -3.90. The quantitative estimate of drug-likeness (QED) is 0.0706. The number of aliphatic hydroxyl groups is 4. The van der Waals surface area contributed by atoms with Gasteiger partial charge in [-0.2, -0.15) is 0 Å². The third kappa shape index (κ3) is 7.27. The predicted octanol–water partition coefficient (Wildman–Crippen LogP) is 1.29. The fraction of sp³-hybridized carbons (Fsp3) is 0.576. The van der Waals surface area contributed by atoms with E-state index in [-0.39, 0.29) is 24.3 Å². The molecule has 0 aliphatic carbocycles. The van der Waals surface area contributed by atoms with Crippen LogP contribution in [0.5, 0.6) is 0 Å². The number of carboxylic acid groups (broad SMARTS) is 3. The fourth-order valence-corrected chi connectivity index (χ4v) is 6.24. The predicted molar refractivity (Wildman–Crippen MR) is 163 cm³/mol. The summed E-state index contributed by atoms with van der Waals surface area (Å²) in [7, 11) is 0. The molecule has 1 aromatic carbocycles. The van der Waals surface area contributed by atoms with Crippen LogP contribution in [-0.2, 0) is 39.8 Å². The number of hydrogen-bond acceptors (Lipinski definition) is 11. The first-order valence-corrected chi connectivity index (χ1v) is 15.4. The lowest BCUT2D eigenvalue weighted by atomic mass is 9.74. The molecule has 0 radical (unpaired) electrons. The standard InChI is InChI=1S/C33H44O14/c1-5-18(2)15-19(3)11-12-23(35)45-26-25(37)31(14-13-20(4)24(36)22(17-34)16-21-9-7-6-8-10-21)46-27(28(38)39)32(44,29(40)41)33(26,47-31)30(42)43/h6-12,18-19,22,24-27,34,36-37,44H,4-5,13-17H2,1-3H3,(H,38,39)(H,40,41)(H,42,43)/b12-11+/t18-,19+,22-,24-,25+,26+,27+,31-,32+,33-/m0/s1. The molecule has 0 aromatic heterocycles. The maximum atomic E-state index is 12.9. The summed E-state index contributed by atoms with van der Waals surface area (Å²) < 4.78 is 16.3. The van der Waals surface area contributed by atoms with E-state index in [4.69, 9.17) is 14.2 Å². The van der Waals surface area contributed by atoms with Gasteiger partial charge in [0, 0.05) is 25.0 Å². The van der Waals surface area contributed by atoms with Gasteiger partial charge in [-0.25, -0.2) is 19.2 Å². The molecular formula is C33H44O14. The largest absolute Gasteiger partial charge is 0.479 e. The Balaban J connectivity index is 1.98. The highest BCUT2D eigenvalue weighted by molar-refractivity contribution is 5.98. The molecule has 3 rings (SSSR count). The topological polar surface area (TPSA) is 238 Å². The Morgan fingerprint density at radius 3 is 2.26 bits per heavy atom. The van der Waals surface area contributed by atoms with Crippen molar-refractivity contribution in [2.75, 3.05) is 6.61 Å². The van der Waals surface area contributed by atoms with Crippen molar-refractivity contribution < 1.29 is 69.1 Å². The van der Waals surface area contributed by atoms with E-state index in [2.05, 4.69) is 6.58 Å². The van der Waals surface area contributed by atoms with Crippen molar-refractivity contribution in [3.05, 3.63) is 60.2 Å². The zero-order valence-electron chi connectivity index (χ0n) is 26.5. The van der Waals surface area contributed by atoms with Gasteiger partial charge in [0.15, 0.2) is 6.10 Å². The van der Waals surface area contributed by atoms with Gasteiger partial charge in [0.05, 0.1) is 6.10 Å². The van der Waals surface area contributed by atoms with Crippen molar-refractivity contribution in [3.8, 4) is 0 Å². The smallest absolute Gasteiger partial charge is 0.344 e. The molecule has 14 heteroatoms. The average molecular weight is 665 g/mol. The van der Waals surface area contributed by atoms with Crippen LogP contribution in [0.4, 0.5) is 0 Å². The van der Waals surface area contributed by atoms with E-state index in [0.717, 1.165) is 18.1 Å². The Bertz CT molecular complexity index is 1350. The number of carbonyl (C=O) groups excluding carboxylic acids is 1. The molecule has 14 nitrogen and oxygen atoms in total. The molecule has 2 bridgehead atoms. The van der Waals surface area contributed by atoms with Crippen molar-refractivity contribution in [2.45, 2.75) is 94.3 Å². The van der Waals surface area contributed by atoms with Crippen LogP contribution >= 0.6 is 0 Å². The zero-order valence-corrected chi connectivity index (χ0v) is 26.5. The summed E-state index contributed by atoms with van der Waals surface area (Å²) in [4.78, 5) is 50.6. The molecule has 2 saturated heterocycles. The maximum absolute atomic E-state index is 12.9. The van der Waals surface area contributed by atoms with Crippen LogP contribution in [0.25, 0.3) is 0 Å². The highest BCUT2D eigenvalue weighted by atomic mass is 16.8. The first-order chi connectivity index (χ1) is 22.0. The number of benzene rings is 1. The van der Waals surface area contributed by atoms with Gasteiger partial charge in [0.25, 0.3) is 0 Å². The summed E-state index contributed by atoms with van der Waals surface area (Å²) in [5.41, 5.74) is -6.61. The van der Waals surface area contributed by atoms with E-state index in [1.165, 1.54) is 6.08 Å². The van der Waals surface area contributed by atoms with Gasteiger partial charge in [-0.05, 0) is 42.2 Å². The number of rotatable bonds is 17. The summed E-state index contributed by atoms with van der Waals surface area (Å²) in [6.07, 6.45) is -5.68. The Kier molecular flexibility index (Phi) is 12.1. The van der Waals surface area contributed by atoms with Crippen molar-refractivity contribution in [2.24, 2.45) is 17.8 Å². The fourth-order valence-electron chi connectivity index (χ4n) is 6.24. The summed E-state index contributed by atoms with van der Waals surface area (Å²) in [5, 5.41) is 74.1. The van der Waals surface area contributed by atoms with E-state index in [1.807, 2.05) is 20.8 Å². The second-order valence-corrected chi connectivity index (χ2v) is 12.5. The molecule has 2 aliphatic rings. The third-order valence-electron chi connectivity index (χ3n) is 9.11. The summed E-state index contributed by atoms with van der Waals surface area (Å²) in [6.45, 7) is 9.21. The zero-order chi connectivity index (χ0) is 35.3. The Labute approximate surface area is 271 Å². The molecule has 2 fully saturated rings. The molecule has 0 amide bonds. The minimum absolute atomic E-state index is 0.0549. The lowest BCUT2D eigenvalue weighted by Gasteiger charge is -2.48. The summed E-state index contributed by atoms with van der Waals surface area (Å²) in [6, 6.07) is 8.94. The number of carboxylic acids is 3. The molecule has 1 aromatic rings. The third-order valence-corrected chi connectivity index (χ3v) is 9.11. The van der Waals surface area contributed by atoms with Gasteiger partial charge in [0.1, 0.15) is 6.10 Å². The summed E-state index contributed by atoms with van der Waals surface area (Å²) in [5.74, 6) is -11.2. The van der Waals surface area contributed by atoms with Crippen molar-refractivity contribution in [3.63, 3.8) is 0 Å². The van der Waals surface area contributed by atoms with Gasteiger partial charge in [0.2, 0.25) is 23.1 Å². The molecule has 47 heavy (non-hydrogen) atoms. The minimum Gasteiger partial charge on any atom is -0.479 e. The molecule has 10 atom stereocenters. The Hall–Kier alpha value is -3.66. The van der Waals surface area contributed by atoms with Gasteiger partial charge >= 0.3 is 23.9 Å². The molecular weight excluding hydrogens is 620 g/mol. The highest BCUT2D eigenvalue weighted by Crippen LogP contribution is 2.55. The summed E-state index contributed by atoms with van der Waals surface area (Å²) >= 11 is 0. The number of aliphatic hydroxyl groups excluding tert-OH is 3. The molecule has 0 saturated carbocycles. The van der Waals surface area contributed by atoms with Crippen molar-refractivity contribution in [1.29, 1.82) is 0 Å². The van der Waals surface area contributed by atoms with E-state index in [0.29, 0.717) is 12.3 Å². The lowest BCUT2D eigenvalue weighted by molar-refractivity contribution is -0.374. The van der Waals surface area contributed by atoms with E-state index < -0.39 is 84.2 Å². The number of esters is 1. The van der Waals surface area contributed by atoms with E-state index in [1.54, 1.807) is 30.3 Å². The maximum Gasteiger partial charge on any atom is 0.344 e. The number of fused-ring (bicyclic) bond motifs is 2. The SMILES string of the molecule is C=C(CC[C@]12O[C@H](C(=O)O)[C@@](O)(C(=O)O)[C@](C(=O)O)(O1)[C@H](OC(=O)/C=C/[C@@H](C)C[C@@H](C)CC)[C@H]2O)[C@H](O)[C@H](CO)Cc1ccccc1. The molecule has 0 spiro atoms. The first kappa shape index (κ1) is 37.8. The molecule has 2 heterocycles. The van der Waals surface area contributed by atoms with Crippen molar-refractivity contribution in [1.82, 2.24) is 0 Å². The lowest BCUT2D eigenvalue weighted by Crippen LogP contribution is -2.78. The van der Waals surface area contributed by atoms with E-state index >= 15 is 0 Å². The molecule has 2 aliphatic heterocycles. The number of hydrogen-bond donors (Lipinski definition) is 7. The molecule has 260 valence electrons. The van der Waals surface area contributed by atoms with E-state index in [9.17, 15) is 54.9 Å². The van der Waals surface area contributed by atoms with Gasteiger partial charge in [-0.1, -0.05) is 70.2 Å². The van der Waals surface area contributed by atoms with Crippen LogP contribution in [0.3, 0.4) is 0 Å².